The van der Waals surface area contributed by atoms with Crippen LogP contribution in [0.1, 0.15) is 22.5 Å². The number of carbonyl (C=O) groups is 2. The number of likely N-dealkylation sites (N-methyl/N-ethyl adjacent to an activating group) is 1. The van der Waals surface area contributed by atoms with Gasteiger partial charge in [-0.3, -0.25) is 14.3 Å². The lowest BCUT2D eigenvalue weighted by atomic mass is 10.1. The predicted molar refractivity (Wildman–Crippen MR) is 84.2 cm³/mol. The second-order valence-electron chi connectivity index (χ2n) is 5.58. The number of aryl methyl sites for hydroxylation is 1. The largest absolute Gasteiger partial charge is 0.508 e. The highest BCUT2D eigenvalue weighted by Gasteiger charge is 2.24. The van der Waals surface area contributed by atoms with E-state index in [9.17, 15) is 14.7 Å². The van der Waals surface area contributed by atoms with E-state index >= 15 is 0 Å². The molecule has 0 unspecified atom stereocenters. The molecule has 2 N–H and O–H groups in total. The minimum absolute atomic E-state index is 0.0895. The average molecular weight is 314 g/mol. The predicted octanol–water partition coefficient (Wildman–Crippen LogP) is 1.25. The summed E-state index contributed by atoms with van der Waals surface area (Å²) in [5, 5.41) is 16.2. The number of amides is 2. The number of phenolic OH excluding ortho intramolecular Hbond substituents is 1. The summed E-state index contributed by atoms with van der Waals surface area (Å²) in [5.74, 6) is 0.360. The molecule has 0 radical (unpaired) electrons. The molecule has 0 bridgehead atoms. The summed E-state index contributed by atoms with van der Waals surface area (Å²) < 4.78 is 1.62. The second kappa shape index (κ2) is 6.12. The van der Waals surface area contributed by atoms with E-state index in [4.69, 9.17) is 0 Å². The first-order valence-electron chi connectivity index (χ1n) is 7.44. The number of carbonyl (C=O) groups excluding carboxylic acids is 2. The fraction of sp³-hybridized carbons (Fsp3) is 0.312. The molecule has 7 heteroatoms. The minimum atomic E-state index is -0.158. The topological polar surface area (TPSA) is 87.5 Å². The van der Waals surface area contributed by atoms with Crippen LogP contribution >= 0.6 is 0 Å². The summed E-state index contributed by atoms with van der Waals surface area (Å²) in [6.45, 7) is 1.24. The van der Waals surface area contributed by atoms with Crippen LogP contribution in [0, 0.1) is 0 Å². The van der Waals surface area contributed by atoms with Crippen LogP contribution in [0.15, 0.2) is 30.3 Å². The fourth-order valence-electron chi connectivity index (χ4n) is 2.49. The molecule has 2 heterocycles. The Morgan fingerprint density at radius 2 is 2.04 bits per heavy atom. The molecule has 1 aliphatic heterocycles. The Morgan fingerprint density at radius 1 is 1.30 bits per heavy atom. The van der Waals surface area contributed by atoms with Gasteiger partial charge in [-0.1, -0.05) is 12.1 Å². The number of nitrogens with one attached hydrogen (secondary N) is 1. The highest BCUT2D eigenvalue weighted by molar-refractivity contribution is 5.96. The Kier molecular flexibility index (Phi) is 4.01. The van der Waals surface area contributed by atoms with E-state index in [0.717, 1.165) is 5.56 Å². The number of rotatable bonds is 4. The molecule has 0 aliphatic carbocycles. The molecule has 1 aliphatic rings. The van der Waals surface area contributed by atoms with E-state index in [-0.39, 0.29) is 17.6 Å². The summed E-state index contributed by atoms with van der Waals surface area (Å²) in [6.07, 6.45) is 0.877. The Morgan fingerprint density at radius 3 is 2.78 bits per heavy atom. The summed E-state index contributed by atoms with van der Waals surface area (Å²) in [4.78, 5) is 25.6. The Labute approximate surface area is 133 Å². The molecule has 0 atom stereocenters. The van der Waals surface area contributed by atoms with Gasteiger partial charge in [-0.15, -0.1) is 0 Å². The van der Waals surface area contributed by atoms with E-state index in [1.807, 2.05) is 0 Å². The summed E-state index contributed by atoms with van der Waals surface area (Å²) in [5.41, 5.74) is 1.46. The van der Waals surface area contributed by atoms with Gasteiger partial charge in [-0.25, -0.2) is 0 Å². The van der Waals surface area contributed by atoms with Gasteiger partial charge in [-0.2, -0.15) is 5.10 Å². The van der Waals surface area contributed by atoms with Gasteiger partial charge in [0.05, 0.1) is 6.54 Å². The van der Waals surface area contributed by atoms with Gasteiger partial charge < -0.3 is 15.3 Å². The standard InChI is InChI=1S/C16H18N4O3/c1-19-8-9-20-13(16(19)23)10-14(18-20)17-15(22)7-4-11-2-5-12(21)6-3-11/h2-3,5-6,10,21H,4,7-9H2,1H3,(H,17,18,22). The van der Waals surface area contributed by atoms with E-state index in [1.54, 1.807) is 47.0 Å². The van der Waals surface area contributed by atoms with E-state index in [2.05, 4.69) is 10.4 Å². The molecule has 7 nitrogen and oxygen atoms in total. The molecule has 0 saturated carbocycles. The van der Waals surface area contributed by atoms with E-state index in [1.165, 1.54) is 0 Å². The summed E-state index contributed by atoms with van der Waals surface area (Å²) in [6, 6.07) is 8.37. The van der Waals surface area contributed by atoms with Gasteiger partial charge >= 0.3 is 0 Å². The van der Waals surface area contributed by atoms with Crippen molar-refractivity contribution in [3.63, 3.8) is 0 Å². The van der Waals surface area contributed by atoms with Gasteiger partial charge in [0.15, 0.2) is 5.82 Å². The summed E-state index contributed by atoms with van der Waals surface area (Å²) in [7, 11) is 1.74. The number of phenols is 1. The zero-order valence-electron chi connectivity index (χ0n) is 12.8. The lowest BCUT2D eigenvalue weighted by Crippen LogP contribution is -2.37. The molecule has 1 aromatic heterocycles. The first-order chi connectivity index (χ1) is 11.0. The van der Waals surface area contributed by atoms with Crippen LogP contribution < -0.4 is 5.32 Å². The van der Waals surface area contributed by atoms with Crippen molar-refractivity contribution in [2.45, 2.75) is 19.4 Å². The SMILES string of the molecule is CN1CCn2nc(NC(=O)CCc3ccc(O)cc3)cc2C1=O. The smallest absolute Gasteiger partial charge is 0.272 e. The molecule has 2 aromatic rings. The van der Waals surface area contributed by atoms with E-state index in [0.29, 0.717) is 37.4 Å². The molecule has 1 aromatic carbocycles. The quantitative estimate of drug-likeness (QED) is 0.889. The van der Waals surface area contributed by atoms with Crippen molar-refractivity contribution < 1.29 is 14.7 Å². The van der Waals surface area contributed by atoms with Crippen molar-refractivity contribution in [1.29, 1.82) is 0 Å². The number of hydrogen-bond acceptors (Lipinski definition) is 4. The molecule has 3 rings (SSSR count). The number of anilines is 1. The van der Waals surface area contributed by atoms with Crippen molar-refractivity contribution in [2.75, 3.05) is 18.9 Å². The van der Waals surface area contributed by atoms with Gasteiger partial charge in [0.1, 0.15) is 11.4 Å². The van der Waals surface area contributed by atoms with Crippen molar-refractivity contribution in [1.82, 2.24) is 14.7 Å². The van der Waals surface area contributed by atoms with Gasteiger partial charge in [-0.05, 0) is 24.1 Å². The highest BCUT2D eigenvalue weighted by atomic mass is 16.3. The Hall–Kier alpha value is -2.83. The van der Waals surface area contributed by atoms with Crippen molar-refractivity contribution in [2.24, 2.45) is 0 Å². The van der Waals surface area contributed by atoms with Crippen LogP contribution in [-0.2, 0) is 17.8 Å². The van der Waals surface area contributed by atoms with Crippen molar-refractivity contribution in [3.05, 3.63) is 41.6 Å². The third-order valence-electron chi connectivity index (χ3n) is 3.84. The molecule has 2 amide bonds. The number of aromatic hydroxyl groups is 1. The maximum absolute atomic E-state index is 12.0. The molecule has 0 fully saturated rings. The van der Waals surface area contributed by atoms with Gasteiger partial charge in [0.25, 0.3) is 5.91 Å². The first-order valence-corrected chi connectivity index (χ1v) is 7.44. The lowest BCUT2D eigenvalue weighted by molar-refractivity contribution is -0.116. The van der Waals surface area contributed by atoms with Crippen LogP contribution in [0.3, 0.4) is 0 Å². The minimum Gasteiger partial charge on any atom is -0.508 e. The van der Waals surface area contributed by atoms with Crippen LogP contribution in [-0.4, -0.2) is 45.2 Å². The number of aromatic nitrogens is 2. The maximum atomic E-state index is 12.0. The number of benzene rings is 1. The van der Waals surface area contributed by atoms with Crippen LogP contribution in [0.25, 0.3) is 0 Å². The Bertz CT molecular complexity index is 736. The first kappa shape index (κ1) is 15.1. The molecule has 0 spiro atoms. The van der Waals surface area contributed by atoms with Crippen molar-refractivity contribution in [3.8, 4) is 5.75 Å². The van der Waals surface area contributed by atoms with Crippen LogP contribution in [0.5, 0.6) is 5.75 Å². The molecule has 120 valence electrons. The zero-order chi connectivity index (χ0) is 16.4. The lowest BCUT2D eigenvalue weighted by Gasteiger charge is -2.22. The Balaban J connectivity index is 1.59. The fourth-order valence-corrected chi connectivity index (χ4v) is 2.49. The molecule has 23 heavy (non-hydrogen) atoms. The van der Waals surface area contributed by atoms with Crippen molar-refractivity contribution >= 4 is 17.6 Å². The molecular weight excluding hydrogens is 296 g/mol. The third kappa shape index (κ3) is 3.33. The average Bonchev–Trinajstić information content (AvgIpc) is 2.94. The third-order valence-corrected chi connectivity index (χ3v) is 3.84. The number of fused-ring (bicyclic) bond motifs is 1. The summed E-state index contributed by atoms with van der Waals surface area (Å²) >= 11 is 0. The van der Waals surface area contributed by atoms with Crippen LogP contribution in [0.4, 0.5) is 5.82 Å². The zero-order valence-corrected chi connectivity index (χ0v) is 12.8. The monoisotopic (exact) mass is 314 g/mol. The van der Waals surface area contributed by atoms with Crippen LogP contribution in [0.2, 0.25) is 0 Å². The highest BCUT2D eigenvalue weighted by Crippen LogP contribution is 2.16. The van der Waals surface area contributed by atoms with Gasteiger partial charge in [0, 0.05) is 26.1 Å². The normalized spacial score (nSPS) is 13.8. The molecular formula is C16H18N4O3. The van der Waals surface area contributed by atoms with Gasteiger partial charge in [0.2, 0.25) is 5.91 Å². The molecule has 0 saturated heterocycles. The number of hydrogen-bond donors (Lipinski definition) is 2. The number of nitrogens with zero attached hydrogens (tertiary/aromatic N) is 3. The maximum Gasteiger partial charge on any atom is 0.272 e. The second-order valence-corrected chi connectivity index (χ2v) is 5.58. The van der Waals surface area contributed by atoms with E-state index < -0.39 is 0 Å².